The number of rotatable bonds is 4. The van der Waals surface area contributed by atoms with Crippen LogP contribution in [0.4, 0.5) is 0 Å². The number of carboxylic acid groups (broad SMARTS) is 2. The summed E-state index contributed by atoms with van der Waals surface area (Å²) >= 11 is 0. The third kappa shape index (κ3) is 11.6. The van der Waals surface area contributed by atoms with Crippen molar-refractivity contribution in [3.8, 4) is 0 Å². The molecule has 0 aliphatic heterocycles. The molecule has 148 valence electrons. The highest BCUT2D eigenvalue weighted by Gasteiger charge is 2.01. The summed E-state index contributed by atoms with van der Waals surface area (Å²) in [6, 6.07) is 17.8. The van der Waals surface area contributed by atoms with Crippen LogP contribution in [0.5, 0.6) is 0 Å². The standard InChI is InChI=1S/2C8H8O2.C4H4O4/c2*1-10-8(9)7-5-3-2-4-6-7;5-3(6)1-2-4(7)8/h2*2-6H,1H3;1-2H,(H,5,6)(H,7,8)/b;;2-1+. The molecule has 2 rings (SSSR count). The highest BCUT2D eigenvalue weighted by molar-refractivity contribution is 5.90. The predicted molar refractivity (Wildman–Crippen MR) is 100.0 cm³/mol. The van der Waals surface area contributed by atoms with E-state index < -0.39 is 11.9 Å². The van der Waals surface area contributed by atoms with Crippen molar-refractivity contribution in [2.75, 3.05) is 14.2 Å². The molecule has 0 amide bonds. The Labute approximate surface area is 161 Å². The van der Waals surface area contributed by atoms with Crippen LogP contribution in [-0.4, -0.2) is 48.3 Å². The Balaban J connectivity index is 0.000000394. The molecule has 0 bridgehead atoms. The molecular formula is C20H20O8. The van der Waals surface area contributed by atoms with Crippen LogP contribution in [0.1, 0.15) is 20.7 Å². The van der Waals surface area contributed by atoms with E-state index in [9.17, 15) is 19.2 Å². The van der Waals surface area contributed by atoms with Gasteiger partial charge in [0.2, 0.25) is 0 Å². The van der Waals surface area contributed by atoms with E-state index in [0.29, 0.717) is 23.3 Å². The molecule has 2 N–H and O–H groups in total. The average molecular weight is 388 g/mol. The maximum Gasteiger partial charge on any atom is 0.337 e. The van der Waals surface area contributed by atoms with Gasteiger partial charge >= 0.3 is 23.9 Å². The smallest absolute Gasteiger partial charge is 0.337 e. The van der Waals surface area contributed by atoms with Gasteiger partial charge < -0.3 is 19.7 Å². The summed E-state index contributed by atoms with van der Waals surface area (Å²) in [5.74, 6) is -3.10. The largest absolute Gasteiger partial charge is 0.478 e. The van der Waals surface area contributed by atoms with E-state index in [4.69, 9.17) is 10.2 Å². The van der Waals surface area contributed by atoms with E-state index in [1.807, 2.05) is 12.1 Å². The first kappa shape index (κ1) is 24.1. The van der Waals surface area contributed by atoms with Gasteiger partial charge in [0, 0.05) is 12.2 Å². The normalized spacial score (nSPS) is 9.07. The van der Waals surface area contributed by atoms with E-state index in [2.05, 4.69) is 9.47 Å². The number of hydrogen-bond donors (Lipinski definition) is 2. The lowest BCUT2D eigenvalue weighted by Crippen LogP contribution is -1.99. The molecule has 0 aliphatic carbocycles. The van der Waals surface area contributed by atoms with Crippen molar-refractivity contribution in [2.45, 2.75) is 0 Å². The first-order chi connectivity index (χ1) is 13.3. The summed E-state index contributed by atoms with van der Waals surface area (Å²) in [7, 11) is 2.74. The first-order valence-electron chi connectivity index (χ1n) is 7.72. The van der Waals surface area contributed by atoms with Crippen LogP contribution < -0.4 is 0 Å². The maximum absolute atomic E-state index is 10.8. The number of esters is 2. The molecule has 0 radical (unpaired) electrons. The summed E-state index contributed by atoms with van der Waals surface area (Å²) < 4.78 is 8.99. The van der Waals surface area contributed by atoms with E-state index in [0.717, 1.165) is 0 Å². The summed E-state index contributed by atoms with van der Waals surface area (Å²) in [4.78, 5) is 40.7. The molecule has 8 heteroatoms. The number of aliphatic carboxylic acids is 2. The Hall–Kier alpha value is -3.94. The predicted octanol–water partition coefficient (Wildman–Crippen LogP) is 2.66. The van der Waals surface area contributed by atoms with E-state index in [1.165, 1.54) is 14.2 Å². The molecule has 0 saturated carbocycles. The Morgan fingerprint density at radius 3 is 1.14 bits per heavy atom. The molecule has 2 aromatic rings. The summed E-state index contributed by atoms with van der Waals surface area (Å²) in [6.07, 6.45) is 1.12. The second-order valence-electron chi connectivity index (χ2n) is 4.73. The van der Waals surface area contributed by atoms with E-state index in [-0.39, 0.29) is 11.9 Å². The van der Waals surface area contributed by atoms with Crippen LogP contribution in [0.25, 0.3) is 0 Å². The lowest BCUT2D eigenvalue weighted by atomic mass is 10.2. The van der Waals surface area contributed by atoms with Crippen molar-refractivity contribution in [2.24, 2.45) is 0 Å². The van der Waals surface area contributed by atoms with Gasteiger partial charge in [-0.15, -0.1) is 0 Å². The number of carbonyl (C=O) groups is 4. The molecule has 0 spiro atoms. The molecule has 0 aliphatic rings. The Morgan fingerprint density at radius 2 is 0.929 bits per heavy atom. The van der Waals surface area contributed by atoms with Crippen molar-refractivity contribution < 1.29 is 38.9 Å². The van der Waals surface area contributed by atoms with Crippen LogP contribution in [-0.2, 0) is 19.1 Å². The summed E-state index contributed by atoms with van der Waals surface area (Å²) in [5, 5.41) is 15.6. The molecule has 28 heavy (non-hydrogen) atoms. The van der Waals surface area contributed by atoms with Crippen LogP contribution in [0, 0.1) is 0 Å². The molecule has 0 aromatic heterocycles. The molecule has 0 fully saturated rings. The quantitative estimate of drug-likeness (QED) is 0.604. The maximum atomic E-state index is 10.8. The zero-order chi connectivity index (χ0) is 21.4. The number of ether oxygens (including phenoxy) is 2. The highest BCUT2D eigenvalue weighted by Crippen LogP contribution is 1.99. The number of benzene rings is 2. The van der Waals surface area contributed by atoms with Crippen LogP contribution in [0.15, 0.2) is 72.8 Å². The topological polar surface area (TPSA) is 127 Å². The second-order valence-corrected chi connectivity index (χ2v) is 4.73. The fourth-order valence-electron chi connectivity index (χ4n) is 1.53. The van der Waals surface area contributed by atoms with Gasteiger partial charge in [0.1, 0.15) is 0 Å². The van der Waals surface area contributed by atoms with Crippen LogP contribution in [0.2, 0.25) is 0 Å². The lowest BCUT2D eigenvalue weighted by molar-refractivity contribution is -0.134. The van der Waals surface area contributed by atoms with Gasteiger partial charge in [0.15, 0.2) is 0 Å². The summed E-state index contributed by atoms with van der Waals surface area (Å²) in [5.41, 5.74) is 1.18. The molecule has 0 atom stereocenters. The Morgan fingerprint density at radius 1 is 0.643 bits per heavy atom. The van der Waals surface area contributed by atoms with Crippen LogP contribution >= 0.6 is 0 Å². The molecule has 8 nitrogen and oxygen atoms in total. The minimum absolute atomic E-state index is 0.291. The molecule has 0 saturated heterocycles. The van der Waals surface area contributed by atoms with Crippen LogP contribution in [0.3, 0.4) is 0 Å². The Kier molecular flexibility index (Phi) is 12.2. The molecule has 0 unspecified atom stereocenters. The highest BCUT2D eigenvalue weighted by atomic mass is 16.5. The van der Waals surface area contributed by atoms with Gasteiger partial charge in [0.05, 0.1) is 25.3 Å². The van der Waals surface area contributed by atoms with Gasteiger partial charge in [-0.3, -0.25) is 0 Å². The van der Waals surface area contributed by atoms with Gasteiger partial charge in [-0.05, 0) is 24.3 Å². The third-order valence-corrected chi connectivity index (χ3v) is 2.76. The monoisotopic (exact) mass is 388 g/mol. The zero-order valence-corrected chi connectivity index (χ0v) is 15.3. The van der Waals surface area contributed by atoms with Gasteiger partial charge in [-0.1, -0.05) is 36.4 Å². The van der Waals surface area contributed by atoms with Crippen molar-refractivity contribution in [3.05, 3.63) is 83.9 Å². The number of carbonyl (C=O) groups excluding carboxylic acids is 2. The molecule has 2 aromatic carbocycles. The minimum Gasteiger partial charge on any atom is -0.478 e. The Bertz CT molecular complexity index is 715. The number of carboxylic acids is 2. The van der Waals surface area contributed by atoms with Crippen molar-refractivity contribution in [1.82, 2.24) is 0 Å². The average Bonchev–Trinajstić information content (AvgIpc) is 2.73. The fourth-order valence-corrected chi connectivity index (χ4v) is 1.53. The SMILES string of the molecule is COC(=O)c1ccccc1.COC(=O)c1ccccc1.O=C(O)/C=C/C(=O)O. The van der Waals surface area contributed by atoms with Gasteiger partial charge in [0.25, 0.3) is 0 Å². The third-order valence-electron chi connectivity index (χ3n) is 2.76. The van der Waals surface area contributed by atoms with Gasteiger partial charge in [-0.25, -0.2) is 19.2 Å². The zero-order valence-electron chi connectivity index (χ0n) is 15.3. The lowest BCUT2D eigenvalue weighted by Gasteiger charge is -1.95. The van der Waals surface area contributed by atoms with E-state index >= 15 is 0 Å². The molecular weight excluding hydrogens is 368 g/mol. The van der Waals surface area contributed by atoms with E-state index in [1.54, 1.807) is 48.5 Å². The molecule has 0 heterocycles. The number of hydrogen-bond acceptors (Lipinski definition) is 6. The van der Waals surface area contributed by atoms with Crippen molar-refractivity contribution >= 4 is 23.9 Å². The number of methoxy groups -OCH3 is 2. The fraction of sp³-hybridized carbons (Fsp3) is 0.100. The van der Waals surface area contributed by atoms with Crippen molar-refractivity contribution in [3.63, 3.8) is 0 Å². The second kappa shape index (κ2) is 14.3. The first-order valence-corrected chi connectivity index (χ1v) is 7.72. The van der Waals surface area contributed by atoms with Crippen molar-refractivity contribution in [1.29, 1.82) is 0 Å². The minimum atomic E-state index is -1.26. The summed E-state index contributed by atoms with van der Waals surface area (Å²) in [6.45, 7) is 0. The van der Waals surface area contributed by atoms with Gasteiger partial charge in [-0.2, -0.15) is 0 Å².